The summed E-state index contributed by atoms with van der Waals surface area (Å²) in [6, 6.07) is 0. The van der Waals surface area contributed by atoms with E-state index in [1.54, 1.807) is 6.92 Å². The Morgan fingerprint density at radius 3 is 2.69 bits per heavy atom. The van der Waals surface area contributed by atoms with E-state index in [1.807, 2.05) is 0 Å². The quantitative estimate of drug-likeness (QED) is 0.366. The number of carbonyl (C=O) groups is 2. The molecule has 2 aromatic heterocycles. The second kappa shape index (κ2) is 6.75. The lowest BCUT2D eigenvalue weighted by atomic mass is 10.1. The number of primary amides is 1. The number of esters is 1. The van der Waals surface area contributed by atoms with Gasteiger partial charge in [0.2, 0.25) is 11.5 Å². The lowest BCUT2D eigenvalue weighted by Gasteiger charge is -2.12. The van der Waals surface area contributed by atoms with Crippen molar-refractivity contribution in [1.29, 1.82) is 0 Å². The first-order chi connectivity index (χ1) is 12.3. The second-order valence-corrected chi connectivity index (χ2v) is 7.06. The number of hydrogen-bond donors (Lipinski definition) is 3. The van der Waals surface area contributed by atoms with E-state index in [-0.39, 0.29) is 34.7 Å². The Balaban J connectivity index is 1.95. The first kappa shape index (κ1) is 18.4. The minimum Gasteiger partial charge on any atom is -0.476 e. The summed E-state index contributed by atoms with van der Waals surface area (Å²) >= 11 is 7.29. The van der Waals surface area contributed by atoms with Crippen molar-refractivity contribution in [3.05, 3.63) is 27.6 Å². The Morgan fingerprint density at radius 2 is 2.12 bits per heavy atom. The molecule has 0 fully saturated rings. The average Bonchev–Trinajstić information content (AvgIpc) is 3.30. The van der Waals surface area contributed by atoms with Gasteiger partial charge in [0.05, 0.1) is 12.3 Å². The van der Waals surface area contributed by atoms with Crippen LogP contribution in [-0.2, 0) is 9.53 Å². The Labute approximate surface area is 157 Å². The minimum absolute atomic E-state index is 0.0174. The lowest BCUT2D eigenvalue weighted by Crippen LogP contribution is -2.36. The first-order valence-corrected chi connectivity index (χ1v) is 8.85. The van der Waals surface area contributed by atoms with Crippen LogP contribution < -0.4 is 16.2 Å². The molecule has 0 bridgehead atoms. The number of fused-ring (bicyclic) bond motifs is 1. The van der Waals surface area contributed by atoms with Crippen molar-refractivity contribution < 1.29 is 24.2 Å². The number of anilines is 1. The molecule has 10 heteroatoms. The molecule has 8 nitrogen and oxygen atoms in total. The molecule has 3 rings (SSSR count). The molecule has 0 aromatic carbocycles. The van der Waals surface area contributed by atoms with Gasteiger partial charge in [-0.2, -0.15) is 0 Å². The molecule has 0 aliphatic heterocycles. The van der Waals surface area contributed by atoms with Gasteiger partial charge < -0.3 is 26.0 Å². The Hall–Kier alpha value is -2.36. The maximum atomic E-state index is 12.4. The number of aryl methyl sites for hydroxylation is 1. The van der Waals surface area contributed by atoms with E-state index in [4.69, 9.17) is 37.6 Å². The Morgan fingerprint density at radius 1 is 1.42 bits per heavy atom. The van der Waals surface area contributed by atoms with Gasteiger partial charge in [0.1, 0.15) is 14.7 Å². The Kier molecular flexibility index (Phi) is 4.78. The number of aliphatic hydroxyl groups excluding tert-OH is 1. The molecule has 0 radical (unpaired) electrons. The zero-order chi connectivity index (χ0) is 19.1. The topological polar surface area (TPSA) is 138 Å². The highest BCUT2D eigenvalue weighted by molar-refractivity contribution is 7.21. The van der Waals surface area contributed by atoms with E-state index in [2.05, 4.69) is 4.98 Å². The van der Waals surface area contributed by atoms with Gasteiger partial charge in [-0.05, 0) is 24.6 Å². The molecule has 5 N–H and O–H groups in total. The number of amides is 1. The Bertz CT molecular complexity index is 934. The number of pyridine rings is 1. The highest BCUT2D eigenvalue weighted by atomic mass is 35.5. The number of carbonyl (C=O) groups excluding carboxylic acids is 2. The fourth-order valence-corrected chi connectivity index (χ4v) is 3.54. The van der Waals surface area contributed by atoms with Gasteiger partial charge >= 0.3 is 5.97 Å². The summed E-state index contributed by atoms with van der Waals surface area (Å²) in [7, 11) is 0. The second-order valence-electron chi connectivity index (χ2n) is 5.69. The highest BCUT2D eigenvalue weighted by Crippen LogP contribution is 2.42. The van der Waals surface area contributed by atoms with Gasteiger partial charge in [-0.25, -0.2) is 9.78 Å². The summed E-state index contributed by atoms with van der Waals surface area (Å²) in [5.41, 5.74) is 10.6. The molecule has 0 saturated heterocycles. The average molecular weight is 398 g/mol. The van der Waals surface area contributed by atoms with Crippen molar-refractivity contribution in [2.75, 3.05) is 18.9 Å². The van der Waals surface area contributed by atoms with Crippen LogP contribution in [0.25, 0.3) is 10.2 Å². The summed E-state index contributed by atoms with van der Waals surface area (Å²) in [5, 5.41) is 9.64. The SMILES string of the molecule is Cc1c(Cl)c(OCCCO)nc2sc(C(=O)OC3(C(N)=O)C=C3)c(N)c12. The van der Waals surface area contributed by atoms with Gasteiger partial charge in [0, 0.05) is 18.4 Å². The van der Waals surface area contributed by atoms with Crippen LogP contribution in [0.1, 0.15) is 21.7 Å². The van der Waals surface area contributed by atoms with Gasteiger partial charge in [0.25, 0.3) is 5.91 Å². The zero-order valence-electron chi connectivity index (χ0n) is 13.7. The monoisotopic (exact) mass is 397 g/mol. The number of rotatable bonds is 7. The van der Waals surface area contributed by atoms with E-state index < -0.39 is 17.5 Å². The van der Waals surface area contributed by atoms with E-state index in [1.165, 1.54) is 12.2 Å². The first-order valence-electron chi connectivity index (χ1n) is 7.66. The van der Waals surface area contributed by atoms with Crippen LogP contribution >= 0.6 is 22.9 Å². The van der Waals surface area contributed by atoms with E-state index in [0.717, 1.165) is 11.3 Å². The number of nitrogens with two attached hydrogens (primary N) is 2. The number of nitrogen functional groups attached to an aromatic ring is 1. The fourth-order valence-electron chi connectivity index (χ4n) is 2.32. The smallest absolute Gasteiger partial charge is 0.352 e. The zero-order valence-corrected chi connectivity index (χ0v) is 15.3. The standard InChI is InChI=1S/C16H16ClN3O5S/c1-7-8-10(18)11(14(22)25-16(3-4-16)15(19)23)26-13(8)20-12(9(7)17)24-6-2-5-21/h3-4,21H,2,5-6,18H2,1H3,(H2,19,23). The summed E-state index contributed by atoms with van der Waals surface area (Å²) in [6.07, 6.45) is 3.22. The number of aliphatic hydroxyl groups is 1. The number of aromatic nitrogens is 1. The van der Waals surface area contributed by atoms with Crippen molar-refractivity contribution in [3.8, 4) is 5.88 Å². The molecule has 1 aliphatic carbocycles. The molecule has 1 aliphatic rings. The maximum absolute atomic E-state index is 12.4. The van der Waals surface area contributed by atoms with E-state index in [9.17, 15) is 9.59 Å². The van der Waals surface area contributed by atoms with Crippen molar-refractivity contribution in [2.24, 2.45) is 5.73 Å². The van der Waals surface area contributed by atoms with Crippen LogP contribution in [0.3, 0.4) is 0 Å². The predicted octanol–water partition coefficient (Wildman–Crippen LogP) is 1.55. The van der Waals surface area contributed by atoms with Crippen LogP contribution in [0, 0.1) is 6.92 Å². The third-order valence-corrected chi connectivity index (χ3v) is 5.39. The van der Waals surface area contributed by atoms with Gasteiger partial charge in [0.15, 0.2) is 0 Å². The van der Waals surface area contributed by atoms with Crippen LogP contribution in [-0.4, -0.2) is 40.8 Å². The molecular formula is C16H16ClN3O5S. The van der Waals surface area contributed by atoms with Gasteiger partial charge in [-0.3, -0.25) is 4.79 Å². The third-order valence-electron chi connectivity index (χ3n) is 3.86. The lowest BCUT2D eigenvalue weighted by molar-refractivity contribution is -0.127. The van der Waals surface area contributed by atoms with Crippen LogP contribution in [0.5, 0.6) is 5.88 Å². The highest BCUT2D eigenvalue weighted by Gasteiger charge is 2.45. The van der Waals surface area contributed by atoms with Gasteiger partial charge in [-0.15, -0.1) is 11.3 Å². The molecule has 1 amide bonds. The molecule has 0 spiro atoms. The molecule has 26 heavy (non-hydrogen) atoms. The number of thiophene rings is 1. The maximum Gasteiger partial charge on any atom is 0.352 e. The van der Waals surface area contributed by atoms with Crippen LogP contribution in [0.15, 0.2) is 12.2 Å². The minimum atomic E-state index is -1.47. The number of nitrogens with zero attached hydrogens (tertiary/aromatic N) is 1. The molecular weight excluding hydrogens is 382 g/mol. The van der Waals surface area contributed by atoms with E-state index >= 15 is 0 Å². The van der Waals surface area contributed by atoms with Crippen molar-refractivity contribution in [2.45, 2.75) is 18.9 Å². The van der Waals surface area contributed by atoms with Gasteiger partial charge in [-0.1, -0.05) is 11.6 Å². The molecule has 138 valence electrons. The normalized spacial score (nSPS) is 14.4. The predicted molar refractivity (Wildman–Crippen MR) is 97.5 cm³/mol. The van der Waals surface area contributed by atoms with Crippen molar-refractivity contribution >= 4 is 50.7 Å². The van der Waals surface area contributed by atoms with E-state index in [0.29, 0.717) is 22.2 Å². The van der Waals surface area contributed by atoms with Crippen LogP contribution in [0.4, 0.5) is 5.69 Å². The number of halogens is 1. The number of ether oxygens (including phenoxy) is 2. The molecule has 0 unspecified atom stereocenters. The molecule has 2 heterocycles. The summed E-state index contributed by atoms with van der Waals surface area (Å²) in [5.74, 6) is -1.35. The summed E-state index contributed by atoms with van der Waals surface area (Å²) < 4.78 is 10.6. The molecule has 2 aromatic rings. The summed E-state index contributed by atoms with van der Waals surface area (Å²) in [4.78, 5) is 28.7. The number of hydrogen-bond acceptors (Lipinski definition) is 8. The molecule has 0 atom stereocenters. The fraction of sp³-hybridized carbons (Fsp3) is 0.312. The van der Waals surface area contributed by atoms with Crippen molar-refractivity contribution in [1.82, 2.24) is 4.98 Å². The summed E-state index contributed by atoms with van der Waals surface area (Å²) in [6.45, 7) is 1.96. The van der Waals surface area contributed by atoms with Crippen LogP contribution in [0.2, 0.25) is 5.02 Å². The molecule has 0 saturated carbocycles. The third kappa shape index (κ3) is 3.09. The largest absolute Gasteiger partial charge is 0.476 e. The van der Waals surface area contributed by atoms with Crippen molar-refractivity contribution in [3.63, 3.8) is 0 Å².